The number of hydrogen-bond donors (Lipinski definition) is 3. The third-order valence-corrected chi connectivity index (χ3v) is 6.06. The van der Waals surface area contributed by atoms with Gasteiger partial charge >= 0.3 is 12.0 Å². The van der Waals surface area contributed by atoms with Crippen molar-refractivity contribution in [1.82, 2.24) is 10.2 Å². The van der Waals surface area contributed by atoms with Crippen molar-refractivity contribution in [2.75, 3.05) is 17.2 Å². The van der Waals surface area contributed by atoms with E-state index in [1.165, 1.54) is 0 Å². The SMILES string of the molecule is CCN1C(=S)N[C@H](c2cccc(NC(=O)Nc3ccc(C)c(C)c3)c2)C(C(=O)OC(C)C)=C1C. The van der Waals surface area contributed by atoms with Gasteiger partial charge < -0.3 is 25.6 Å². The van der Waals surface area contributed by atoms with Gasteiger partial charge in [0.1, 0.15) is 0 Å². The van der Waals surface area contributed by atoms with Crippen LogP contribution in [0.3, 0.4) is 0 Å². The van der Waals surface area contributed by atoms with Gasteiger partial charge in [0.05, 0.1) is 17.7 Å². The van der Waals surface area contributed by atoms with Crippen molar-refractivity contribution in [2.45, 2.75) is 53.7 Å². The number of esters is 1. The van der Waals surface area contributed by atoms with E-state index in [0.29, 0.717) is 28.6 Å². The van der Waals surface area contributed by atoms with Crippen LogP contribution in [-0.2, 0) is 9.53 Å². The number of urea groups is 1. The van der Waals surface area contributed by atoms with Gasteiger partial charge in [-0.3, -0.25) is 0 Å². The van der Waals surface area contributed by atoms with Gasteiger partial charge in [0.25, 0.3) is 0 Å². The Morgan fingerprint density at radius 3 is 2.35 bits per heavy atom. The Kier molecular flexibility index (Phi) is 7.94. The van der Waals surface area contributed by atoms with E-state index >= 15 is 0 Å². The highest BCUT2D eigenvalue weighted by atomic mass is 32.1. The Morgan fingerprint density at radius 1 is 1.06 bits per heavy atom. The summed E-state index contributed by atoms with van der Waals surface area (Å²) in [6, 6.07) is 12.3. The molecular weight excluding hydrogens is 448 g/mol. The van der Waals surface area contributed by atoms with E-state index in [0.717, 1.165) is 22.4 Å². The minimum atomic E-state index is -0.494. The zero-order chi connectivity index (χ0) is 25.0. The molecule has 7 nitrogen and oxygen atoms in total. The van der Waals surface area contributed by atoms with Crippen LogP contribution in [0.5, 0.6) is 0 Å². The molecule has 0 saturated heterocycles. The van der Waals surface area contributed by atoms with Crippen LogP contribution in [0.25, 0.3) is 0 Å². The zero-order valence-electron chi connectivity index (χ0n) is 20.5. The maximum Gasteiger partial charge on any atom is 0.338 e. The zero-order valence-corrected chi connectivity index (χ0v) is 21.3. The molecule has 0 aromatic heterocycles. The molecule has 1 aliphatic rings. The highest BCUT2D eigenvalue weighted by molar-refractivity contribution is 7.80. The van der Waals surface area contributed by atoms with Crippen LogP contribution in [0.1, 0.15) is 50.4 Å². The highest BCUT2D eigenvalue weighted by Crippen LogP contribution is 2.32. The van der Waals surface area contributed by atoms with Gasteiger partial charge in [-0.25, -0.2) is 9.59 Å². The van der Waals surface area contributed by atoms with Crippen LogP contribution in [0.2, 0.25) is 0 Å². The van der Waals surface area contributed by atoms with Crippen LogP contribution in [0.15, 0.2) is 53.7 Å². The fourth-order valence-electron chi connectivity index (χ4n) is 3.86. The number of aryl methyl sites for hydroxylation is 2. The molecule has 0 saturated carbocycles. The molecule has 3 rings (SSSR count). The summed E-state index contributed by atoms with van der Waals surface area (Å²) < 4.78 is 5.53. The number of amides is 2. The number of anilines is 2. The van der Waals surface area contributed by atoms with Crippen molar-refractivity contribution in [1.29, 1.82) is 0 Å². The molecule has 2 amide bonds. The van der Waals surface area contributed by atoms with Gasteiger partial charge in [-0.15, -0.1) is 0 Å². The lowest BCUT2D eigenvalue weighted by atomic mass is 9.94. The second-order valence-electron chi connectivity index (χ2n) is 8.58. The number of carbonyl (C=O) groups is 2. The van der Waals surface area contributed by atoms with Crippen LogP contribution >= 0.6 is 12.2 Å². The number of thiocarbonyl (C=S) groups is 1. The number of allylic oxidation sites excluding steroid dienone is 1. The molecule has 34 heavy (non-hydrogen) atoms. The molecule has 2 aromatic carbocycles. The summed E-state index contributed by atoms with van der Waals surface area (Å²) in [5.41, 5.74) is 5.62. The van der Waals surface area contributed by atoms with E-state index in [2.05, 4.69) is 16.0 Å². The summed E-state index contributed by atoms with van der Waals surface area (Å²) in [6.45, 7) is 12.1. The Balaban J connectivity index is 1.86. The number of nitrogens with one attached hydrogen (secondary N) is 3. The molecular formula is C26H32N4O3S. The summed E-state index contributed by atoms with van der Waals surface area (Å²) in [7, 11) is 0. The van der Waals surface area contributed by atoms with Gasteiger partial charge in [-0.05, 0) is 94.7 Å². The predicted octanol–water partition coefficient (Wildman–Crippen LogP) is 5.42. The van der Waals surface area contributed by atoms with Crippen molar-refractivity contribution < 1.29 is 14.3 Å². The van der Waals surface area contributed by atoms with E-state index in [-0.39, 0.29) is 12.1 Å². The molecule has 3 N–H and O–H groups in total. The lowest BCUT2D eigenvalue weighted by molar-refractivity contribution is -0.143. The van der Waals surface area contributed by atoms with Gasteiger partial charge in [0, 0.05) is 23.6 Å². The van der Waals surface area contributed by atoms with Crippen molar-refractivity contribution in [3.63, 3.8) is 0 Å². The smallest absolute Gasteiger partial charge is 0.338 e. The van der Waals surface area contributed by atoms with Gasteiger partial charge in [-0.2, -0.15) is 0 Å². The summed E-state index contributed by atoms with van der Waals surface area (Å²) in [6.07, 6.45) is -0.250. The lowest BCUT2D eigenvalue weighted by Crippen LogP contribution is -2.47. The first-order chi connectivity index (χ1) is 16.1. The topological polar surface area (TPSA) is 82.7 Å². The minimum absolute atomic E-state index is 0.250. The van der Waals surface area contributed by atoms with Crippen molar-refractivity contribution in [3.8, 4) is 0 Å². The van der Waals surface area contributed by atoms with Gasteiger partial charge in [0.2, 0.25) is 0 Å². The summed E-state index contributed by atoms with van der Waals surface area (Å²) >= 11 is 5.55. The van der Waals surface area contributed by atoms with Crippen molar-refractivity contribution in [3.05, 3.63) is 70.4 Å². The Bertz CT molecular complexity index is 1140. The standard InChI is InChI=1S/C26H32N4O3S/c1-7-30-18(6)22(24(31)33-15(2)3)23(29-26(30)34)19-9-8-10-20(14-19)27-25(32)28-21-12-11-16(4)17(5)13-21/h8-15,23H,7H2,1-6H3,(H,29,34)(H2,27,28,32)/t23-/m1/s1. The van der Waals surface area contributed by atoms with Crippen LogP contribution < -0.4 is 16.0 Å². The monoisotopic (exact) mass is 480 g/mol. The molecule has 0 aliphatic carbocycles. The summed E-state index contributed by atoms with van der Waals surface area (Å²) in [5, 5.41) is 9.54. The van der Waals surface area contributed by atoms with E-state index in [1.54, 1.807) is 6.07 Å². The molecule has 180 valence electrons. The Hall–Kier alpha value is -3.39. The number of ether oxygens (including phenoxy) is 1. The predicted molar refractivity (Wildman–Crippen MR) is 140 cm³/mol. The summed E-state index contributed by atoms with van der Waals surface area (Å²) in [5.74, 6) is -0.392. The number of rotatable bonds is 6. The molecule has 8 heteroatoms. The minimum Gasteiger partial charge on any atom is -0.459 e. The molecule has 0 fully saturated rings. The first-order valence-corrected chi connectivity index (χ1v) is 11.8. The maximum atomic E-state index is 13.0. The molecule has 1 aliphatic heterocycles. The number of benzene rings is 2. The average Bonchev–Trinajstić information content (AvgIpc) is 2.75. The lowest BCUT2D eigenvalue weighted by Gasteiger charge is -2.37. The number of carbonyl (C=O) groups excluding carboxylic acids is 2. The number of hydrogen-bond acceptors (Lipinski definition) is 4. The van der Waals surface area contributed by atoms with E-state index in [4.69, 9.17) is 17.0 Å². The third-order valence-electron chi connectivity index (χ3n) is 5.72. The molecule has 0 spiro atoms. The first kappa shape index (κ1) is 25.2. The second-order valence-corrected chi connectivity index (χ2v) is 8.97. The fourth-order valence-corrected chi connectivity index (χ4v) is 4.25. The highest BCUT2D eigenvalue weighted by Gasteiger charge is 2.34. The maximum absolute atomic E-state index is 13.0. The Labute approximate surface area is 206 Å². The van der Waals surface area contributed by atoms with E-state index < -0.39 is 12.0 Å². The van der Waals surface area contributed by atoms with Crippen LogP contribution in [0, 0.1) is 13.8 Å². The van der Waals surface area contributed by atoms with E-state index in [1.807, 2.05) is 82.8 Å². The van der Waals surface area contributed by atoms with Crippen molar-refractivity contribution >= 4 is 40.7 Å². The molecule has 0 bridgehead atoms. The molecule has 0 radical (unpaired) electrons. The first-order valence-electron chi connectivity index (χ1n) is 11.4. The molecule has 1 atom stereocenters. The molecule has 0 unspecified atom stereocenters. The third kappa shape index (κ3) is 5.75. The molecule has 1 heterocycles. The van der Waals surface area contributed by atoms with E-state index in [9.17, 15) is 9.59 Å². The average molecular weight is 481 g/mol. The quantitative estimate of drug-likeness (QED) is 0.378. The van der Waals surface area contributed by atoms with Crippen molar-refractivity contribution in [2.24, 2.45) is 0 Å². The largest absolute Gasteiger partial charge is 0.459 e. The number of nitrogens with zero attached hydrogens (tertiary/aromatic N) is 1. The fraction of sp³-hybridized carbons (Fsp3) is 0.346. The van der Waals surface area contributed by atoms with Crippen LogP contribution in [-0.4, -0.2) is 34.7 Å². The van der Waals surface area contributed by atoms with Gasteiger partial charge in [0.15, 0.2) is 5.11 Å². The Morgan fingerprint density at radius 2 is 1.74 bits per heavy atom. The van der Waals surface area contributed by atoms with Crippen LogP contribution in [0.4, 0.5) is 16.2 Å². The van der Waals surface area contributed by atoms with Gasteiger partial charge in [-0.1, -0.05) is 18.2 Å². The second kappa shape index (κ2) is 10.7. The molecule has 2 aromatic rings. The normalized spacial score (nSPS) is 15.8. The summed E-state index contributed by atoms with van der Waals surface area (Å²) in [4.78, 5) is 27.5.